The Balaban J connectivity index is 0.000000173. The van der Waals surface area contributed by atoms with Crippen LogP contribution in [0.4, 0.5) is 11.4 Å². The van der Waals surface area contributed by atoms with Crippen LogP contribution in [0.3, 0.4) is 0 Å². The molecule has 0 aliphatic rings. The number of H-pyrrole nitrogens is 2. The van der Waals surface area contributed by atoms with Crippen LogP contribution in [0.2, 0.25) is 0 Å². The van der Waals surface area contributed by atoms with Crippen LogP contribution >= 0.6 is 0 Å². The van der Waals surface area contributed by atoms with Gasteiger partial charge in [0.1, 0.15) is 5.69 Å². The van der Waals surface area contributed by atoms with Gasteiger partial charge in [-0.05, 0) is 28.4 Å². The number of nitroso groups, excluding NO2 is 2. The fourth-order valence-electron chi connectivity index (χ4n) is 2.40. The molecular formula is C16H11CuN4O4+. The molecule has 0 saturated carbocycles. The number of rotatable bonds is 2. The predicted octanol–water partition coefficient (Wildman–Crippen LogP) is 3.91. The van der Waals surface area contributed by atoms with E-state index in [9.17, 15) is 20.0 Å². The topological polar surface area (TPSA) is 134 Å². The van der Waals surface area contributed by atoms with E-state index in [0.29, 0.717) is 21.8 Å². The van der Waals surface area contributed by atoms with Gasteiger partial charge in [-0.3, -0.25) is 0 Å². The number of hydrogen-bond donors (Lipinski definition) is 3. The van der Waals surface area contributed by atoms with Crippen LogP contribution in [-0.2, 0) is 17.1 Å². The Morgan fingerprint density at radius 3 is 1.84 bits per heavy atom. The maximum Gasteiger partial charge on any atom is 2.00 e. The quantitative estimate of drug-likeness (QED) is 0.355. The molecule has 25 heavy (non-hydrogen) atoms. The molecule has 2 aromatic heterocycles. The zero-order chi connectivity index (χ0) is 17.1. The Kier molecular flexibility index (Phi) is 5.53. The molecule has 0 fully saturated rings. The van der Waals surface area contributed by atoms with Crippen LogP contribution < -0.4 is 5.11 Å². The summed E-state index contributed by atoms with van der Waals surface area (Å²) in [5.74, 6) is -0.600. The van der Waals surface area contributed by atoms with Crippen LogP contribution in [0.15, 0.2) is 58.9 Å². The van der Waals surface area contributed by atoms with Gasteiger partial charge in [0.15, 0.2) is 5.69 Å². The predicted molar refractivity (Wildman–Crippen MR) is 88.6 cm³/mol. The Morgan fingerprint density at radius 1 is 0.800 bits per heavy atom. The number of nitrogens with one attached hydrogen (secondary N) is 2. The first kappa shape index (κ1) is 18.2. The Hall–Kier alpha value is -3.16. The average molecular weight is 387 g/mol. The molecule has 0 aliphatic heterocycles. The SMILES string of the molecule is O=Nc1c(O)[nH]c2ccccc12.O=Nc1c([O-])[nH]c2ccccc12.[Cu+2]. The second kappa shape index (κ2) is 7.61. The van der Waals surface area contributed by atoms with Crippen LogP contribution in [0.25, 0.3) is 21.8 Å². The summed E-state index contributed by atoms with van der Waals surface area (Å²) in [6, 6.07) is 14.0. The Bertz CT molecular complexity index is 957. The number of aromatic hydroxyl groups is 1. The molecular weight excluding hydrogens is 376 g/mol. The van der Waals surface area contributed by atoms with Crippen molar-refractivity contribution in [1.29, 1.82) is 0 Å². The third-order valence-corrected chi connectivity index (χ3v) is 3.49. The number of fused-ring (bicyclic) bond motifs is 2. The molecule has 2 heterocycles. The van der Waals surface area contributed by atoms with Crippen LogP contribution in [-0.4, -0.2) is 15.1 Å². The summed E-state index contributed by atoms with van der Waals surface area (Å²) in [5, 5.41) is 26.8. The molecule has 3 N–H and O–H groups in total. The second-order valence-corrected chi connectivity index (χ2v) is 4.90. The van der Waals surface area contributed by atoms with Crippen molar-refractivity contribution >= 4 is 33.2 Å². The van der Waals surface area contributed by atoms with Crippen molar-refractivity contribution in [2.75, 3.05) is 0 Å². The Morgan fingerprint density at radius 2 is 1.28 bits per heavy atom. The number of aromatic amines is 2. The average Bonchev–Trinajstić information content (AvgIpc) is 3.09. The Labute approximate surface area is 151 Å². The van der Waals surface area contributed by atoms with Gasteiger partial charge in [-0.2, -0.15) is 0 Å². The number of nitrogens with zero attached hydrogens (tertiary/aromatic N) is 2. The smallest absolute Gasteiger partial charge is 0.859 e. The fourth-order valence-corrected chi connectivity index (χ4v) is 2.40. The van der Waals surface area contributed by atoms with Crippen LogP contribution in [0, 0.1) is 9.81 Å². The van der Waals surface area contributed by atoms with Crippen molar-refractivity contribution in [3.63, 3.8) is 0 Å². The van der Waals surface area contributed by atoms with Crippen molar-refractivity contribution in [3.05, 3.63) is 58.3 Å². The number of aromatic nitrogens is 2. The molecule has 4 rings (SSSR count). The number of benzene rings is 2. The molecule has 0 aliphatic carbocycles. The summed E-state index contributed by atoms with van der Waals surface area (Å²) < 4.78 is 0. The van der Waals surface area contributed by atoms with Gasteiger partial charge in [0.25, 0.3) is 0 Å². The molecule has 0 amide bonds. The summed E-state index contributed by atoms with van der Waals surface area (Å²) in [7, 11) is 0. The first-order chi connectivity index (χ1) is 11.7. The minimum absolute atomic E-state index is 0. The fraction of sp³-hybridized carbons (Fsp3) is 0. The summed E-state index contributed by atoms with van der Waals surface area (Å²) in [5.41, 5.74) is 1.40. The summed E-state index contributed by atoms with van der Waals surface area (Å²) in [4.78, 5) is 25.7. The van der Waals surface area contributed by atoms with Crippen LogP contribution in [0.5, 0.6) is 11.8 Å². The third-order valence-electron chi connectivity index (χ3n) is 3.49. The van der Waals surface area contributed by atoms with Gasteiger partial charge in [0.2, 0.25) is 5.88 Å². The standard InChI is InChI=1S/2C8H6N2O2.Cu/c2*11-8-7(10-12)5-3-1-2-4-6(5)9-8;/h2*1-4,9,11H;/q;;+2/p-1. The van der Waals surface area contributed by atoms with E-state index in [0.717, 1.165) is 0 Å². The van der Waals surface area contributed by atoms with E-state index in [1.54, 1.807) is 42.5 Å². The first-order valence-electron chi connectivity index (χ1n) is 6.89. The van der Waals surface area contributed by atoms with Crippen LogP contribution in [0.1, 0.15) is 0 Å². The largest absolute Gasteiger partial charge is 2.00 e. The molecule has 0 saturated heterocycles. The van der Waals surface area contributed by atoms with Gasteiger partial charge in [0.05, 0.1) is 5.52 Å². The van der Waals surface area contributed by atoms with Gasteiger partial charge >= 0.3 is 17.1 Å². The number of hydrogen-bond acceptors (Lipinski definition) is 6. The molecule has 0 spiro atoms. The van der Waals surface area contributed by atoms with Crippen molar-refractivity contribution in [2.24, 2.45) is 10.4 Å². The van der Waals surface area contributed by atoms with Gasteiger partial charge < -0.3 is 20.2 Å². The van der Waals surface area contributed by atoms with Gasteiger partial charge in [-0.1, -0.05) is 36.4 Å². The van der Waals surface area contributed by atoms with E-state index in [1.807, 2.05) is 6.07 Å². The second-order valence-electron chi connectivity index (χ2n) is 4.90. The van der Waals surface area contributed by atoms with E-state index in [-0.39, 0.29) is 34.3 Å². The molecule has 9 heteroatoms. The maximum atomic E-state index is 11.0. The summed E-state index contributed by atoms with van der Waals surface area (Å²) in [6.07, 6.45) is 0. The van der Waals surface area contributed by atoms with E-state index >= 15 is 0 Å². The monoisotopic (exact) mass is 386 g/mol. The van der Waals surface area contributed by atoms with Gasteiger partial charge in [-0.15, -0.1) is 9.81 Å². The zero-order valence-electron chi connectivity index (χ0n) is 12.5. The van der Waals surface area contributed by atoms with Crippen molar-refractivity contribution < 1.29 is 27.3 Å². The van der Waals surface area contributed by atoms with E-state index in [2.05, 4.69) is 20.3 Å². The molecule has 129 valence electrons. The van der Waals surface area contributed by atoms with Gasteiger partial charge in [-0.25, -0.2) is 0 Å². The summed E-state index contributed by atoms with van der Waals surface area (Å²) >= 11 is 0. The summed E-state index contributed by atoms with van der Waals surface area (Å²) in [6.45, 7) is 0. The first-order valence-corrected chi connectivity index (χ1v) is 6.89. The zero-order valence-corrected chi connectivity index (χ0v) is 13.4. The minimum Gasteiger partial charge on any atom is -0.859 e. The van der Waals surface area contributed by atoms with Crippen molar-refractivity contribution in [1.82, 2.24) is 9.97 Å². The van der Waals surface area contributed by atoms with E-state index < -0.39 is 5.88 Å². The maximum absolute atomic E-state index is 11.0. The molecule has 0 atom stereocenters. The van der Waals surface area contributed by atoms with Gasteiger partial charge in [0, 0.05) is 16.3 Å². The minimum atomic E-state index is -0.425. The third kappa shape index (κ3) is 3.37. The molecule has 8 nitrogen and oxygen atoms in total. The molecule has 4 aromatic rings. The molecule has 1 radical (unpaired) electrons. The normalized spacial score (nSPS) is 9.92. The molecule has 2 aromatic carbocycles. The number of para-hydroxylation sites is 2. The van der Waals surface area contributed by atoms with E-state index in [4.69, 9.17) is 0 Å². The molecule has 0 unspecified atom stereocenters. The molecule has 0 bridgehead atoms. The van der Waals surface area contributed by atoms with Crippen molar-refractivity contribution in [3.8, 4) is 11.8 Å². The van der Waals surface area contributed by atoms with Crippen molar-refractivity contribution in [2.45, 2.75) is 0 Å². The van der Waals surface area contributed by atoms with E-state index in [1.165, 1.54) is 0 Å².